The molecule has 0 aliphatic carbocycles. The van der Waals surface area contributed by atoms with Crippen LogP contribution in [-0.4, -0.2) is 26.0 Å². The van der Waals surface area contributed by atoms with E-state index < -0.39 is 16.0 Å². The predicted molar refractivity (Wildman–Crippen MR) is 68.4 cm³/mol. The Morgan fingerprint density at radius 1 is 1.50 bits per heavy atom. The van der Waals surface area contributed by atoms with Crippen LogP contribution in [0.15, 0.2) is 35.7 Å². The Balaban J connectivity index is 3.06. The van der Waals surface area contributed by atoms with E-state index in [-0.39, 0.29) is 22.0 Å². The molecule has 1 aromatic carbocycles. The van der Waals surface area contributed by atoms with Gasteiger partial charge in [-0.2, -0.15) is 0 Å². The first kappa shape index (κ1) is 14.7. The van der Waals surface area contributed by atoms with E-state index in [1.807, 2.05) is 0 Å². The maximum Gasteiger partial charge on any atom is 0.337 e. The standard InChI is InChI=1S/C11H12ClNO4S/c1-2-3-6-13-18(16,17)8-4-5-10(12)9(7-8)11(14)15/h2,4-5,7,13H,1,3,6H2,(H,14,15). The van der Waals surface area contributed by atoms with Gasteiger partial charge in [0, 0.05) is 6.54 Å². The zero-order valence-corrected chi connectivity index (χ0v) is 11.0. The fourth-order valence-electron chi connectivity index (χ4n) is 1.21. The number of hydrogen-bond donors (Lipinski definition) is 2. The largest absolute Gasteiger partial charge is 0.478 e. The van der Waals surface area contributed by atoms with E-state index >= 15 is 0 Å². The van der Waals surface area contributed by atoms with Gasteiger partial charge in [-0.05, 0) is 24.6 Å². The summed E-state index contributed by atoms with van der Waals surface area (Å²) in [7, 11) is -3.73. The van der Waals surface area contributed by atoms with Crippen molar-refractivity contribution in [2.45, 2.75) is 11.3 Å². The van der Waals surface area contributed by atoms with E-state index in [2.05, 4.69) is 11.3 Å². The van der Waals surface area contributed by atoms with Gasteiger partial charge < -0.3 is 5.11 Å². The van der Waals surface area contributed by atoms with Crippen LogP contribution in [0.25, 0.3) is 0 Å². The number of nitrogens with one attached hydrogen (secondary N) is 1. The molecule has 1 aromatic rings. The van der Waals surface area contributed by atoms with E-state index in [0.29, 0.717) is 6.42 Å². The summed E-state index contributed by atoms with van der Waals surface area (Å²) >= 11 is 5.66. The number of hydrogen-bond acceptors (Lipinski definition) is 3. The first-order valence-electron chi connectivity index (χ1n) is 5.02. The van der Waals surface area contributed by atoms with Crippen molar-refractivity contribution in [3.63, 3.8) is 0 Å². The molecule has 2 N–H and O–H groups in total. The van der Waals surface area contributed by atoms with Gasteiger partial charge in [0.15, 0.2) is 0 Å². The molecule has 0 heterocycles. The molecule has 0 aromatic heterocycles. The normalized spacial score (nSPS) is 11.2. The Morgan fingerprint density at radius 2 is 2.17 bits per heavy atom. The number of carbonyl (C=O) groups is 1. The lowest BCUT2D eigenvalue weighted by Gasteiger charge is -2.07. The van der Waals surface area contributed by atoms with E-state index in [0.717, 1.165) is 6.07 Å². The highest BCUT2D eigenvalue weighted by Crippen LogP contribution is 2.20. The number of sulfonamides is 1. The molecule has 7 heteroatoms. The summed E-state index contributed by atoms with van der Waals surface area (Å²) in [4.78, 5) is 10.7. The number of carboxylic acid groups (broad SMARTS) is 1. The molecule has 18 heavy (non-hydrogen) atoms. The molecule has 0 unspecified atom stereocenters. The Morgan fingerprint density at radius 3 is 2.72 bits per heavy atom. The third-order valence-electron chi connectivity index (χ3n) is 2.12. The number of benzene rings is 1. The quantitative estimate of drug-likeness (QED) is 0.619. The van der Waals surface area contributed by atoms with E-state index in [1.54, 1.807) is 6.08 Å². The number of rotatable bonds is 6. The second-order valence-electron chi connectivity index (χ2n) is 3.42. The molecule has 5 nitrogen and oxygen atoms in total. The molecule has 0 aliphatic heterocycles. The molecular weight excluding hydrogens is 278 g/mol. The summed E-state index contributed by atoms with van der Waals surface area (Å²) < 4.78 is 26.0. The van der Waals surface area contributed by atoms with Crippen molar-refractivity contribution < 1.29 is 18.3 Å². The van der Waals surface area contributed by atoms with Crippen molar-refractivity contribution >= 4 is 27.6 Å². The zero-order chi connectivity index (χ0) is 13.8. The van der Waals surface area contributed by atoms with E-state index in [9.17, 15) is 13.2 Å². The van der Waals surface area contributed by atoms with E-state index in [4.69, 9.17) is 16.7 Å². The Bertz CT molecular complexity index is 568. The first-order valence-corrected chi connectivity index (χ1v) is 6.88. The van der Waals surface area contributed by atoms with Gasteiger partial charge in [0.25, 0.3) is 0 Å². The Labute approximate surface area is 110 Å². The van der Waals surface area contributed by atoms with Gasteiger partial charge >= 0.3 is 5.97 Å². The minimum absolute atomic E-state index is 0.00691. The van der Waals surface area contributed by atoms with Crippen molar-refractivity contribution in [1.82, 2.24) is 4.72 Å². The van der Waals surface area contributed by atoms with Crippen molar-refractivity contribution in [2.75, 3.05) is 6.54 Å². The first-order chi connectivity index (χ1) is 8.38. The lowest BCUT2D eigenvalue weighted by Crippen LogP contribution is -2.24. The minimum atomic E-state index is -3.73. The van der Waals surface area contributed by atoms with Crippen LogP contribution in [0.1, 0.15) is 16.8 Å². The van der Waals surface area contributed by atoms with Crippen LogP contribution >= 0.6 is 11.6 Å². The molecule has 0 fully saturated rings. The molecule has 98 valence electrons. The maximum atomic E-state index is 11.8. The molecular formula is C11H12ClNO4S. The molecule has 0 aliphatic rings. The smallest absolute Gasteiger partial charge is 0.337 e. The topological polar surface area (TPSA) is 83.5 Å². The molecule has 1 rings (SSSR count). The van der Waals surface area contributed by atoms with Crippen LogP contribution in [0.3, 0.4) is 0 Å². The van der Waals surface area contributed by atoms with E-state index in [1.165, 1.54) is 12.1 Å². The lowest BCUT2D eigenvalue weighted by atomic mass is 10.2. The molecule has 0 radical (unpaired) electrons. The monoisotopic (exact) mass is 289 g/mol. The highest BCUT2D eigenvalue weighted by atomic mass is 35.5. The minimum Gasteiger partial charge on any atom is -0.478 e. The number of halogens is 1. The SMILES string of the molecule is C=CCCNS(=O)(=O)c1ccc(Cl)c(C(=O)O)c1. The second kappa shape index (κ2) is 5.99. The highest BCUT2D eigenvalue weighted by molar-refractivity contribution is 7.89. The molecule has 0 bridgehead atoms. The van der Waals surface area contributed by atoms with Crippen LogP contribution in [0.2, 0.25) is 5.02 Å². The molecule has 0 atom stereocenters. The maximum absolute atomic E-state index is 11.8. The fraction of sp³-hybridized carbons (Fsp3) is 0.182. The van der Waals surface area contributed by atoms with Gasteiger partial charge in [0.2, 0.25) is 10.0 Å². The zero-order valence-electron chi connectivity index (χ0n) is 9.39. The third-order valence-corrected chi connectivity index (χ3v) is 3.91. The lowest BCUT2D eigenvalue weighted by molar-refractivity contribution is 0.0697. The van der Waals surface area contributed by atoms with Gasteiger partial charge in [-0.3, -0.25) is 0 Å². The summed E-state index contributed by atoms with van der Waals surface area (Å²) in [5, 5.41) is 8.85. The van der Waals surface area contributed by atoms with Crippen LogP contribution in [0, 0.1) is 0 Å². The van der Waals surface area contributed by atoms with Crippen LogP contribution < -0.4 is 4.72 Å². The predicted octanol–water partition coefficient (Wildman–Crippen LogP) is 1.89. The Hall–Kier alpha value is -1.37. The summed E-state index contributed by atoms with van der Waals surface area (Å²) in [5.74, 6) is -1.27. The number of aromatic carboxylic acids is 1. The van der Waals surface area contributed by atoms with Crippen LogP contribution in [0.5, 0.6) is 0 Å². The highest BCUT2D eigenvalue weighted by Gasteiger charge is 2.17. The van der Waals surface area contributed by atoms with Gasteiger partial charge in [-0.25, -0.2) is 17.9 Å². The average molecular weight is 290 g/mol. The molecule has 0 amide bonds. The van der Waals surface area contributed by atoms with Crippen LogP contribution in [0.4, 0.5) is 0 Å². The number of carboxylic acids is 1. The summed E-state index contributed by atoms with van der Waals surface area (Å²) in [6, 6.07) is 3.53. The third kappa shape index (κ3) is 3.56. The molecule has 0 saturated heterocycles. The van der Waals surface area contributed by atoms with Crippen molar-refractivity contribution in [3.8, 4) is 0 Å². The van der Waals surface area contributed by atoms with Crippen LogP contribution in [-0.2, 0) is 10.0 Å². The second-order valence-corrected chi connectivity index (χ2v) is 5.60. The molecule has 0 spiro atoms. The van der Waals surface area contributed by atoms with Gasteiger partial charge in [-0.15, -0.1) is 6.58 Å². The fourth-order valence-corrected chi connectivity index (χ4v) is 2.49. The Kier molecular flexibility index (Phi) is 4.89. The summed E-state index contributed by atoms with van der Waals surface area (Å²) in [6.07, 6.45) is 2.06. The summed E-state index contributed by atoms with van der Waals surface area (Å²) in [6.45, 7) is 3.68. The van der Waals surface area contributed by atoms with Crippen molar-refractivity contribution in [3.05, 3.63) is 41.4 Å². The van der Waals surface area contributed by atoms with Gasteiger partial charge in [0.1, 0.15) is 0 Å². The van der Waals surface area contributed by atoms with Gasteiger partial charge in [0.05, 0.1) is 15.5 Å². The average Bonchev–Trinajstić information content (AvgIpc) is 2.29. The van der Waals surface area contributed by atoms with Crippen molar-refractivity contribution in [1.29, 1.82) is 0 Å². The molecule has 0 saturated carbocycles. The van der Waals surface area contributed by atoms with Crippen molar-refractivity contribution in [2.24, 2.45) is 0 Å². The summed E-state index contributed by atoms with van der Waals surface area (Å²) in [5.41, 5.74) is -0.247. The van der Waals surface area contributed by atoms with Gasteiger partial charge in [-0.1, -0.05) is 17.7 Å².